The monoisotopic (exact) mass is 219 g/mol. The van der Waals surface area contributed by atoms with Crippen molar-refractivity contribution >= 4 is 5.82 Å². The highest BCUT2D eigenvalue weighted by Gasteiger charge is 2.20. The van der Waals surface area contributed by atoms with Gasteiger partial charge in [0.2, 0.25) is 0 Å². The molecule has 1 heterocycles. The molecule has 88 valence electrons. The Morgan fingerprint density at radius 1 is 1.44 bits per heavy atom. The molecule has 2 rings (SSSR count). The summed E-state index contributed by atoms with van der Waals surface area (Å²) in [6, 6.07) is 4.86. The van der Waals surface area contributed by atoms with E-state index >= 15 is 0 Å². The predicted octanol–water partition coefficient (Wildman–Crippen LogP) is 2.48. The highest BCUT2D eigenvalue weighted by atomic mass is 15.2. The number of hydrogen-bond acceptors (Lipinski definition) is 3. The summed E-state index contributed by atoms with van der Waals surface area (Å²) in [6.45, 7) is 2.01. The summed E-state index contributed by atoms with van der Waals surface area (Å²) in [5.41, 5.74) is 7.05. The number of pyridine rings is 1. The molecule has 0 radical (unpaired) electrons. The van der Waals surface area contributed by atoms with Crippen LogP contribution in [0.1, 0.15) is 44.2 Å². The molecule has 0 spiro atoms. The van der Waals surface area contributed by atoms with Crippen LogP contribution in [0.15, 0.2) is 18.3 Å². The smallest absolute Gasteiger partial charge is 0.128 e. The zero-order chi connectivity index (χ0) is 11.5. The van der Waals surface area contributed by atoms with Crippen LogP contribution in [0.5, 0.6) is 0 Å². The first kappa shape index (κ1) is 11.4. The quantitative estimate of drug-likeness (QED) is 0.849. The lowest BCUT2D eigenvalue weighted by atomic mass is 10.1. The van der Waals surface area contributed by atoms with E-state index < -0.39 is 0 Å². The highest BCUT2D eigenvalue weighted by molar-refractivity contribution is 5.42. The van der Waals surface area contributed by atoms with E-state index in [-0.39, 0.29) is 6.04 Å². The Kier molecular flexibility index (Phi) is 3.44. The lowest BCUT2D eigenvalue weighted by molar-refractivity contribution is 0.645. The van der Waals surface area contributed by atoms with Gasteiger partial charge in [-0.05, 0) is 37.5 Å². The van der Waals surface area contributed by atoms with E-state index in [2.05, 4.69) is 23.0 Å². The third-order valence-corrected chi connectivity index (χ3v) is 3.53. The lowest BCUT2D eigenvalue weighted by Crippen LogP contribution is -2.29. The second-order valence-electron chi connectivity index (χ2n) is 4.79. The molecular formula is C13H21N3. The van der Waals surface area contributed by atoms with Crippen LogP contribution in [0.4, 0.5) is 5.82 Å². The van der Waals surface area contributed by atoms with Crippen molar-refractivity contribution in [1.82, 2.24) is 4.98 Å². The highest BCUT2D eigenvalue weighted by Crippen LogP contribution is 2.26. The maximum Gasteiger partial charge on any atom is 0.128 e. The molecule has 0 saturated heterocycles. The van der Waals surface area contributed by atoms with E-state index in [9.17, 15) is 0 Å². The fourth-order valence-corrected chi connectivity index (χ4v) is 2.39. The summed E-state index contributed by atoms with van der Waals surface area (Å²) in [6.07, 6.45) is 7.14. The Hall–Kier alpha value is -1.09. The molecule has 1 aromatic heterocycles. The van der Waals surface area contributed by atoms with Crippen LogP contribution < -0.4 is 10.6 Å². The molecular weight excluding hydrogens is 198 g/mol. The molecule has 2 N–H and O–H groups in total. The van der Waals surface area contributed by atoms with E-state index in [0.29, 0.717) is 6.04 Å². The number of rotatable bonds is 3. The number of nitrogens with two attached hydrogens (primary N) is 1. The van der Waals surface area contributed by atoms with Gasteiger partial charge >= 0.3 is 0 Å². The number of nitrogens with zero attached hydrogens (tertiary/aromatic N) is 2. The molecule has 16 heavy (non-hydrogen) atoms. The molecule has 0 amide bonds. The van der Waals surface area contributed by atoms with Crippen molar-refractivity contribution in [2.24, 2.45) is 5.73 Å². The van der Waals surface area contributed by atoms with Crippen molar-refractivity contribution in [3.63, 3.8) is 0 Å². The minimum absolute atomic E-state index is 0.0822. The maximum atomic E-state index is 5.89. The Bertz CT molecular complexity index is 343. The normalized spacial score (nSPS) is 18.7. The third-order valence-electron chi connectivity index (χ3n) is 3.53. The van der Waals surface area contributed by atoms with Crippen LogP contribution in [-0.2, 0) is 0 Å². The molecule has 1 aromatic rings. The summed E-state index contributed by atoms with van der Waals surface area (Å²) in [5.74, 6) is 1.06. The largest absolute Gasteiger partial charge is 0.357 e. The van der Waals surface area contributed by atoms with Crippen LogP contribution in [-0.4, -0.2) is 18.1 Å². The first-order valence-corrected chi connectivity index (χ1v) is 6.13. The standard InChI is InChI=1S/C13H21N3/c1-10(14)11-7-8-15-13(9-11)16(2)12-5-3-4-6-12/h7-10,12H,3-6,14H2,1-2H3/t10-/m0/s1. The molecule has 1 aliphatic carbocycles. The second-order valence-corrected chi connectivity index (χ2v) is 4.79. The molecule has 0 aromatic carbocycles. The molecule has 1 fully saturated rings. The minimum Gasteiger partial charge on any atom is -0.357 e. The van der Waals surface area contributed by atoms with Gasteiger partial charge in [0.1, 0.15) is 5.82 Å². The number of hydrogen-bond donors (Lipinski definition) is 1. The van der Waals surface area contributed by atoms with Gasteiger partial charge in [0, 0.05) is 25.3 Å². The third kappa shape index (κ3) is 2.35. The van der Waals surface area contributed by atoms with Crippen LogP contribution in [0, 0.1) is 0 Å². The van der Waals surface area contributed by atoms with Gasteiger partial charge in [-0.1, -0.05) is 12.8 Å². The minimum atomic E-state index is 0.0822. The van der Waals surface area contributed by atoms with Crippen molar-refractivity contribution in [1.29, 1.82) is 0 Å². The SMILES string of the molecule is C[C@H](N)c1ccnc(N(C)C2CCCC2)c1. The van der Waals surface area contributed by atoms with Crippen LogP contribution in [0.3, 0.4) is 0 Å². The molecule has 0 bridgehead atoms. The summed E-state index contributed by atoms with van der Waals surface area (Å²) in [4.78, 5) is 6.74. The predicted molar refractivity (Wildman–Crippen MR) is 67.5 cm³/mol. The van der Waals surface area contributed by atoms with Crippen molar-refractivity contribution < 1.29 is 0 Å². The first-order chi connectivity index (χ1) is 7.68. The Labute approximate surface area is 97.7 Å². The van der Waals surface area contributed by atoms with Gasteiger partial charge in [-0.15, -0.1) is 0 Å². The zero-order valence-electron chi connectivity index (χ0n) is 10.2. The summed E-state index contributed by atoms with van der Waals surface area (Å²) < 4.78 is 0. The molecule has 3 heteroatoms. The first-order valence-electron chi connectivity index (χ1n) is 6.13. The lowest BCUT2D eigenvalue weighted by Gasteiger charge is -2.26. The second kappa shape index (κ2) is 4.83. The van der Waals surface area contributed by atoms with Crippen LogP contribution in [0.25, 0.3) is 0 Å². The van der Waals surface area contributed by atoms with Crippen LogP contribution in [0.2, 0.25) is 0 Å². The molecule has 1 aliphatic rings. The van der Waals surface area contributed by atoms with Gasteiger partial charge in [-0.3, -0.25) is 0 Å². The Morgan fingerprint density at radius 3 is 2.75 bits per heavy atom. The van der Waals surface area contributed by atoms with E-state index in [1.165, 1.54) is 25.7 Å². The summed E-state index contributed by atoms with van der Waals surface area (Å²) in [7, 11) is 2.14. The average Bonchev–Trinajstić information content (AvgIpc) is 2.81. The number of anilines is 1. The summed E-state index contributed by atoms with van der Waals surface area (Å²) in [5, 5.41) is 0. The van der Waals surface area contributed by atoms with E-state index in [0.717, 1.165) is 11.4 Å². The average molecular weight is 219 g/mol. The van der Waals surface area contributed by atoms with Gasteiger partial charge in [0.05, 0.1) is 0 Å². The maximum absolute atomic E-state index is 5.89. The van der Waals surface area contributed by atoms with Crippen molar-refractivity contribution in [3.8, 4) is 0 Å². The molecule has 0 unspecified atom stereocenters. The van der Waals surface area contributed by atoms with E-state index in [1.54, 1.807) is 0 Å². The van der Waals surface area contributed by atoms with Crippen molar-refractivity contribution in [2.45, 2.75) is 44.7 Å². The Morgan fingerprint density at radius 2 is 2.12 bits per heavy atom. The fourth-order valence-electron chi connectivity index (χ4n) is 2.39. The molecule has 0 aliphatic heterocycles. The van der Waals surface area contributed by atoms with Gasteiger partial charge < -0.3 is 10.6 Å². The van der Waals surface area contributed by atoms with Gasteiger partial charge in [0.25, 0.3) is 0 Å². The van der Waals surface area contributed by atoms with E-state index in [4.69, 9.17) is 5.73 Å². The molecule has 3 nitrogen and oxygen atoms in total. The zero-order valence-corrected chi connectivity index (χ0v) is 10.2. The van der Waals surface area contributed by atoms with Crippen molar-refractivity contribution in [2.75, 3.05) is 11.9 Å². The topological polar surface area (TPSA) is 42.1 Å². The van der Waals surface area contributed by atoms with Crippen LogP contribution >= 0.6 is 0 Å². The van der Waals surface area contributed by atoms with Gasteiger partial charge in [0.15, 0.2) is 0 Å². The Balaban J connectivity index is 2.15. The van der Waals surface area contributed by atoms with E-state index in [1.807, 2.05) is 19.2 Å². The molecule has 1 saturated carbocycles. The fraction of sp³-hybridized carbons (Fsp3) is 0.615. The molecule has 1 atom stereocenters. The van der Waals surface area contributed by atoms with Gasteiger partial charge in [-0.2, -0.15) is 0 Å². The summed E-state index contributed by atoms with van der Waals surface area (Å²) >= 11 is 0. The number of aromatic nitrogens is 1. The van der Waals surface area contributed by atoms with Gasteiger partial charge in [-0.25, -0.2) is 4.98 Å². The van der Waals surface area contributed by atoms with Crippen molar-refractivity contribution in [3.05, 3.63) is 23.9 Å².